The second-order valence-electron chi connectivity index (χ2n) is 7.04. The van der Waals surface area contributed by atoms with E-state index in [-0.39, 0.29) is 18.5 Å². The number of carbonyl (C=O) groups is 1. The number of nitrogens with two attached hydrogens (primary N) is 1. The van der Waals surface area contributed by atoms with Crippen LogP contribution in [0.5, 0.6) is 0 Å². The summed E-state index contributed by atoms with van der Waals surface area (Å²) >= 11 is 5.95. The van der Waals surface area contributed by atoms with Crippen LogP contribution in [0.15, 0.2) is 54.7 Å². The number of H-pyrrole nitrogens is 1. The number of para-hydroxylation sites is 1. The lowest BCUT2D eigenvalue weighted by molar-refractivity contribution is -0.137. The van der Waals surface area contributed by atoms with Crippen molar-refractivity contribution in [2.45, 2.75) is 37.8 Å². The largest absolute Gasteiger partial charge is 0.481 e. The molecule has 0 fully saturated rings. The van der Waals surface area contributed by atoms with Crippen molar-refractivity contribution < 1.29 is 9.90 Å². The third-order valence-corrected chi connectivity index (χ3v) is 5.31. The van der Waals surface area contributed by atoms with Crippen LogP contribution in [-0.4, -0.2) is 28.6 Å². The van der Waals surface area contributed by atoms with Gasteiger partial charge in [0.2, 0.25) is 0 Å². The summed E-state index contributed by atoms with van der Waals surface area (Å²) in [7, 11) is 0. The molecule has 0 spiro atoms. The van der Waals surface area contributed by atoms with E-state index in [1.54, 1.807) is 0 Å². The van der Waals surface area contributed by atoms with E-state index in [2.05, 4.69) is 16.4 Å². The van der Waals surface area contributed by atoms with Crippen molar-refractivity contribution in [2.24, 2.45) is 5.73 Å². The number of carboxylic acids is 1. The molecule has 1 aromatic heterocycles. The molecule has 6 heteroatoms. The SMILES string of the molecule is NCC(CCc1ccc(Cl)cc1)N[C@@H](CCC(=O)O)c1c[nH]c2ccccc12. The van der Waals surface area contributed by atoms with E-state index >= 15 is 0 Å². The van der Waals surface area contributed by atoms with Crippen molar-refractivity contribution in [1.82, 2.24) is 10.3 Å². The highest BCUT2D eigenvalue weighted by Crippen LogP contribution is 2.28. The van der Waals surface area contributed by atoms with Crippen LogP contribution in [0.2, 0.25) is 5.02 Å². The maximum atomic E-state index is 11.2. The maximum Gasteiger partial charge on any atom is 0.303 e. The molecule has 3 aromatic rings. The number of rotatable bonds is 10. The summed E-state index contributed by atoms with van der Waals surface area (Å²) in [5.41, 5.74) is 9.36. The molecule has 0 aliphatic heterocycles. The van der Waals surface area contributed by atoms with Crippen molar-refractivity contribution in [2.75, 3.05) is 6.54 Å². The fraction of sp³-hybridized carbons (Fsp3) is 0.318. The minimum absolute atomic E-state index is 0.0778. The smallest absolute Gasteiger partial charge is 0.303 e. The highest BCUT2D eigenvalue weighted by molar-refractivity contribution is 6.30. The fourth-order valence-corrected chi connectivity index (χ4v) is 3.65. The summed E-state index contributed by atoms with van der Waals surface area (Å²) in [6.45, 7) is 0.486. The third-order valence-electron chi connectivity index (χ3n) is 5.06. The number of carboxylic acid groups (broad SMARTS) is 1. The van der Waals surface area contributed by atoms with Gasteiger partial charge in [0.1, 0.15) is 0 Å². The van der Waals surface area contributed by atoms with Gasteiger partial charge in [-0.25, -0.2) is 0 Å². The summed E-state index contributed by atoms with van der Waals surface area (Å²) in [5.74, 6) is -0.794. The molecule has 28 heavy (non-hydrogen) atoms. The first-order valence-corrected chi connectivity index (χ1v) is 9.93. The predicted molar refractivity (Wildman–Crippen MR) is 114 cm³/mol. The minimum Gasteiger partial charge on any atom is -0.481 e. The monoisotopic (exact) mass is 399 g/mol. The zero-order valence-electron chi connectivity index (χ0n) is 15.7. The minimum atomic E-state index is -0.794. The van der Waals surface area contributed by atoms with Gasteiger partial charge in [0.05, 0.1) is 0 Å². The Balaban J connectivity index is 1.73. The zero-order chi connectivity index (χ0) is 19.9. The van der Waals surface area contributed by atoms with Gasteiger partial charge < -0.3 is 21.1 Å². The van der Waals surface area contributed by atoms with Gasteiger partial charge in [0.25, 0.3) is 0 Å². The van der Waals surface area contributed by atoms with Crippen LogP contribution in [0, 0.1) is 0 Å². The highest BCUT2D eigenvalue weighted by Gasteiger charge is 2.20. The summed E-state index contributed by atoms with van der Waals surface area (Å²) in [6, 6.07) is 15.9. The van der Waals surface area contributed by atoms with Crippen LogP contribution in [0.3, 0.4) is 0 Å². The van der Waals surface area contributed by atoms with E-state index in [0.717, 1.165) is 34.3 Å². The van der Waals surface area contributed by atoms with Gasteiger partial charge in [-0.05, 0) is 48.6 Å². The van der Waals surface area contributed by atoms with Gasteiger partial charge in [-0.3, -0.25) is 4.79 Å². The number of aliphatic carboxylic acids is 1. The van der Waals surface area contributed by atoms with Crippen molar-refractivity contribution in [3.63, 3.8) is 0 Å². The van der Waals surface area contributed by atoms with Crippen molar-refractivity contribution in [1.29, 1.82) is 0 Å². The van der Waals surface area contributed by atoms with Crippen molar-refractivity contribution in [3.8, 4) is 0 Å². The van der Waals surface area contributed by atoms with E-state index < -0.39 is 5.97 Å². The molecule has 1 heterocycles. The molecule has 2 aromatic carbocycles. The predicted octanol–water partition coefficient (Wildman–Crippen LogP) is 4.28. The van der Waals surface area contributed by atoms with Gasteiger partial charge in [-0.15, -0.1) is 0 Å². The van der Waals surface area contributed by atoms with Gasteiger partial charge in [-0.1, -0.05) is 41.9 Å². The fourth-order valence-electron chi connectivity index (χ4n) is 3.52. The van der Waals surface area contributed by atoms with Crippen LogP contribution in [0.4, 0.5) is 0 Å². The molecule has 0 aliphatic carbocycles. The number of halogens is 1. The molecule has 5 N–H and O–H groups in total. The molecule has 0 radical (unpaired) electrons. The molecule has 0 saturated carbocycles. The Kier molecular flexibility index (Phi) is 7.09. The number of aromatic nitrogens is 1. The van der Waals surface area contributed by atoms with Crippen LogP contribution in [0.25, 0.3) is 10.9 Å². The van der Waals surface area contributed by atoms with Gasteiger partial charge >= 0.3 is 5.97 Å². The normalized spacial score (nSPS) is 13.5. The number of hydrogen-bond donors (Lipinski definition) is 4. The van der Waals surface area contributed by atoms with E-state index in [9.17, 15) is 4.79 Å². The van der Waals surface area contributed by atoms with Gasteiger partial charge in [-0.2, -0.15) is 0 Å². The van der Waals surface area contributed by atoms with Gasteiger partial charge in [0, 0.05) is 47.2 Å². The highest BCUT2D eigenvalue weighted by atomic mass is 35.5. The lowest BCUT2D eigenvalue weighted by atomic mass is 9.98. The van der Waals surface area contributed by atoms with Crippen LogP contribution in [-0.2, 0) is 11.2 Å². The Morgan fingerprint density at radius 2 is 1.89 bits per heavy atom. The van der Waals surface area contributed by atoms with Gasteiger partial charge in [0.15, 0.2) is 0 Å². The molecule has 0 aliphatic rings. The lowest BCUT2D eigenvalue weighted by Gasteiger charge is -2.25. The molecular weight excluding hydrogens is 374 g/mol. The molecule has 5 nitrogen and oxygen atoms in total. The number of aromatic amines is 1. The topological polar surface area (TPSA) is 91.1 Å². The van der Waals surface area contributed by atoms with E-state index in [4.69, 9.17) is 22.4 Å². The maximum absolute atomic E-state index is 11.2. The van der Waals surface area contributed by atoms with Crippen molar-refractivity contribution in [3.05, 3.63) is 70.9 Å². The van der Waals surface area contributed by atoms with Crippen molar-refractivity contribution >= 4 is 28.5 Å². The van der Waals surface area contributed by atoms with E-state index in [0.29, 0.717) is 13.0 Å². The standard InChI is InChI=1S/C22H26ClN3O2/c23-16-8-5-15(6-9-16)7-10-17(13-24)26-21(11-12-22(27)28)19-14-25-20-4-2-1-3-18(19)20/h1-6,8-9,14,17,21,25-26H,7,10-13,24H2,(H,27,28)/t17?,21-/m0/s1. The van der Waals surface area contributed by atoms with Crippen LogP contribution in [0.1, 0.15) is 36.4 Å². The average Bonchev–Trinajstić information content (AvgIpc) is 3.13. The Bertz CT molecular complexity index is 908. The van der Waals surface area contributed by atoms with E-state index in [1.165, 1.54) is 5.56 Å². The number of nitrogens with one attached hydrogen (secondary N) is 2. The molecule has 1 unspecified atom stereocenters. The first-order chi connectivity index (χ1) is 13.6. The third kappa shape index (κ3) is 5.35. The summed E-state index contributed by atoms with van der Waals surface area (Å²) in [5, 5.41) is 14.6. The number of aryl methyl sites for hydroxylation is 1. The van der Waals surface area contributed by atoms with E-state index in [1.807, 2.05) is 48.7 Å². The van der Waals surface area contributed by atoms with Crippen LogP contribution < -0.4 is 11.1 Å². The second-order valence-corrected chi connectivity index (χ2v) is 7.48. The molecular formula is C22H26ClN3O2. The quantitative estimate of drug-likeness (QED) is 0.409. The molecule has 0 bridgehead atoms. The Morgan fingerprint density at radius 3 is 2.61 bits per heavy atom. The Labute approximate surface area is 169 Å². The number of fused-ring (bicyclic) bond motifs is 1. The summed E-state index contributed by atoms with van der Waals surface area (Å²) in [6.07, 6.45) is 4.33. The Morgan fingerprint density at radius 1 is 1.14 bits per heavy atom. The van der Waals surface area contributed by atoms with Crippen LogP contribution >= 0.6 is 11.6 Å². The molecule has 2 atom stereocenters. The average molecular weight is 400 g/mol. The number of hydrogen-bond acceptors (Lipinski definition) is 3. The zero-order valence-corrected chi connectivity index (χ0v) is 16.5. The lowest BCUT2D eigenvalue weighted by Crippen LogP contribution is -2.39. The molecule has 0 saturated heterocycles. The second kappa shape index (κ2) is 9.73. The first-order valence-electron chi connectivity index (χ1n) is 9.55. The first kappa shape index (κ1) is 20.4. The molecule has 3 rings (SSSR count). The number of benzene rings is 2. The molecule has 148 valence electrons. The summed E-state index contributed by atoms with van der Waals surface area (Å²) in [4.78, 5) is 14.4. The Hall–Kier alpha value is -2.34. The molecule has 0 amide bonds. The summed E-state index contributed by atoms with van der Waals surface area (Å²) < 4.78 is 0.